The van der Waals surface area contributed by atoms with Crippen LogP contribution in [0.4, 0.5) is 4.39 Å². The van der Waals surface area contributed by atoms with Gasteiger partial charge < -0.3 is 0 Å². The van der Waals surface area contributed by atoms with Gasteiger partial charge in [-0.1, -0.05) is 23.9 Å². The number of carbonyl (C=O) groups excluding carboxylic acids is 1. The van der Waals surface area contributed by atoms with Gasteiger partial charge in [-0.3, -0.25) is 9.36 Å². The van der Waals surface area contributed by atoms with E-state index in [0.717, 1.165) is 28.2 Å². The molecule has 0 bridgehead atoms. The summed E-state index contributed by atoms with van der Waals surface area (Å²) in [5, 5.41) is 9.16. The van der Waals surface area contributed by atoms with E-state index in [1.165, 1.54) is 17.8 Å². The summed E-state index contributed by atoms with van der Waals surface area (Å²) >= 11 is 3.01. The summed E-state index contributed by atoms with van der Waals surface area (Å²) in [6, 6.07) is 8.84. The van der Waals surface area contributed by atoms with Crippen LogP contribution < -0.4 is 0 Å². The van der Waals surface area contributed by atoms with Crippen LogP contribution in [0.3, 0.4) is 0 Å². The van der Waals surface area contributed by atoms with E-state index in [9.17, 15) is 9.18 Å². The smallest absolute Gasteiger partial charge is 0.192 e. The number of aromatic nitrogens is 3. The van der Waals surface area contributed by atoms with Gasteiger partial charge in [0.25, 0.3) is 0 Å². The summed E-state index contributed by atoms with van der Waals surface area (Å²) in [6.45, 7) is 3.98. The molecule has 1 saturated carbocycles. The van der Waals surface area contributed by atoms with Crippen LogP contribution in [0, 0.1) is 19.7 Å². The second-order valence-corrected chi connectivity index (χ2v) is 8.83. The number of benzene rings is 1. The number of halogens is 1. The molecule has 3 aromatic rings. The van der Waals surface area contributed by atoms with E-state index in [-0.39, 0.29) is 11.6 Å². The highest BCUT2D eigenvalue weighted by molar-refractivity contribution is 7.99. The van der Waals surface area contributed by atoms with Gasteiger partial charge in [0.2, 0.25) is 0 Å². The summed E-state index contributed by atoms with van der Waals surface area (Å²) in [7, 11) is 0. The molecule has 4 rings (SSSR count). The number of aryl methyl sites for hydroxylation is 2. The third kappa shape index (κ3) is 3.33. The highest BCUT2D eigenvalue weighted by atomic mass is 32.2. The molecule has 0 spiro atoms. The van der Waals surface area contributed by atoms with Crippen LogP contribution in [0.5, 0.6) is 0 Å². The highest BCUT2D eigenvalue weighted by Crippen LogP contribution is 2.41. The first-order chi connectivity index (χ1) is 12.5. The van der Waals surface area contributed by atoms with Gasteiger partial charge in [-0.15, -0.1) is 21.5 Å². The number of rotatable bonds is 6. The Morgan fingerprint density at radius 2 is 2.08 bits per heavy atom. The zero-order valence-corrected chi connectivity index (χ0v) is 16.2. The average Bonchev–Trinajstić information content (AvgIpc) is 3.28. The Morgan fingerprint density at radius 3 is 2.73 bits per heavy atom. The number of carbonyl (C=O) groups is 1. The van der Waals surface area contributed by atoms with E-state index >= 15 is 0 Å². The van der Waals surface area contributed by atoms with Crippen molar-refractivity contribution in [1.29, 1.82) is 0 Å². The summed E-state index contributed by atoms with van der Waals surface area (Å²) in [4.78, 5) is 14.7. The van der Waals surface area contributed by atoms with E-state index in [2.05, 4.69) is 10.2 Å². The standard InChI is InChI=1S/C19H18FN3OS2/c1-11-9-15(12(2)26-11)17(24)10-25-19-22-21-18(23(19)13-7-8-13)14-5-3-4-6-16(14)20/h3-6,9,13H,7-8,10H2,1-2H3. The first-order valence-corrected chi connectivity index (χ1v) is 10.3. The van der Waals surface area contributed by atoms with E-state index < -0.39 is 0 Å². The fourth-order valence-corrected chi connectivity index (χ4v) is 4.81. The zero-order valence-electron chi connectivity index (χ0n) is 14.5. The van der Waals surface area contributed by atoms with Gasteiger partial charge in [0, 0.05) is 21.4 Å². The predicted molar refractivity (Wildman–Crippen MR) is 103 cm³/mol. The van der Waals surface area contributed by atoms with Crippen molar-refractivity contribution in [3.63, 3.8) is 0 Å². The second kappa shape index (κ2) is 6.96. The summed E-state index contributed by atoms with van der Waals surface area (Å²) < 4.78 is 16.2. The number of nitrogens with zero attached hydrogens (tertiary/aromatic N) is 3. The minimum Gasteiger partial charge on any atom is -0.299 e. The fourth-order valence-electron chi connectivity index (χ4n) is 2.98. The number of hydrogen-bond donors (Lipinski definition) is 0. The molecule has 1 fully saturated rings. The third-order valence-corrected chi connectivity index (χ3v) is 6.27. The van der Waals surface area contributed by atoms with E-state index in [4.69, 9.17) is 0 Å². The monoisotopic (exact) mass is 387 g/mol. The van der Waals surface area contributed by atoms with Crippen molar-refractivity contribution in [2.45, 2.75) is 37.9 Å². The molecule has 0 amide bonds. The maximum atomic E-state index is 14.2. The average molecular weight is 388 g/mol. The molecule has 2 aromatic heterocycles. The molecule has 0 unspecified atom stereocenters. The molecule has 0 aliphatic heterocycles. The Bertz CT molecular complexity index is 975. The Kier molecular flexibility index (Phi) is 4.67. The van der Waals surface area contributed by atoms with E-state index in [0.29, 0.717) is 28.3 Å². The van der Waals surface area contributed by atoms with Gasteiger partial charge in [-0.25, -0.2) is 4.39 Å². The Labute approximate surface area is 159 Å². The van der Waals surface area contributed by atoms with Crippen molar-refractivity contribution in [3.05, 3.63) is 51.5 Å². The van der Waals surface area contributed by atoms with Crippen molar-refractivity contribution in [2.24, 2.45) is 0 Å². The molecular formula is C19H18FN3OS2. The molecule has 0 saturated heterocycles. The molecule has 2 heterocycles. The van der Waals surface area contributed by atoms with Crippen LogP contribution in [-0.2, 0) is 0 Å². The van der Waals surface area contributed by atoms with Crippen molar-refractivity contribution < 1.29 is 9.18 Å². The largest absolute Gasteiger partial charge is 0.299 e. The minimum atomic E-state index is -0.307. The SMILES string of the molecule is Cc1cc(C(=O)CSc2nnc(-c3ccccc3F)n2C2CC2)c(C)s1. The number of ketones is 1. The Hall–Kier alpha value is -1.99. The lowest BCUT2D eigenvalue weighted by molar-refractivity contribution is 0.102. The molecule has 1 aliphatic carbocycles. The molecule has 26 heavy (non-hydrogen) atoms. The molecule has 0 N–H and O–H groups in total. The maximum absolute atomic E-state index is 14.2. The Morgan fingerprint density at radius 1 is 1.31 bits per heavy atom. The summed E-state index contributed by atoms with van der Waals surface area (Å²) in [5.74, 6) is 0.635. The minimum absolute atomic E-state index is 0.0923. The number of thioether (sulfide) groups is 1. The van der Waals surface area contributed by atoms with Crippen LogP contribution in [0.25, 0.3) is 11.4 Å². The first-order valence-electron chi connectivity index (χ1n) is 8.47. The number of hydrogen-bond acceptors (Lipinski definition) is 5. The number of Topliss-reactive ketones (excluding diaryl/α,β-unsaturated/α-hetero) is 1. The van der Waals surface area contributed by atoms with Crippen LogP contribution in [0.1, 0.15) is 39.0 Å². The van der Waals surface area contributed by atoms with Crippen LogP contribution in [-0.4, -0.2) is 26.3 Å². The van der Waals surface area contributed by atoms with Gasteiger partial charge in [-0.2, -0.15) is 0 Å². The lowest BCUT2D eigenvalue weighted by atomic mass is 10.2. The number of thiophene rings is 1. The van der Waals surface area contributed by atoms with Gasteiger partial charge in [0.15, 0.2) is 16.8 Å². The Balaban J connectivity index is 1.59. The highest BCUT2D eigenvalue weighted by Gasteiger charge is 2.31. The van der Waals surface area contributed by atoms with Gasteiger partial charge in [0.1, 0.15) is 5.82 Å². The second-order valence-electron chi connectivity index (χ2n) is 6.43. The summed E-state index contributed by atoms with van der Waals surface area (Å²) in [6.07, 6.45) is 2.06. The third-order valence-electron chi connectivity index (χ3n) is 4.37. The van der Waals surface area contributed by atoms with Gasteiger partial charge >= 0.3 is 0 Å². The van der Waals surface area contributed by atoms with Crippen LogP contribution in [0.15, 0.2) is 35.5 Å². The molecule has 4 nitrogen and oxygen atoms in total. The first kappa shape index (κ1) is 17.4. The molecule has 0 radical (unpaired) electrons. The lowest BCUT2D eigenvalue weighted by Gasteiger charge is -2.09. The molecule has 1 aliphatic rings. The predicted octanol–water partition coefficient (Wildman–Crippen LogP) is 5.07. The zero-order chi connectivity index (χ0) is 18.3. The molecule has 1 aromatic carbocycles. The van der Waals surface area contributed by atoms with Gasteiger partial charge in [0.05, 0.1) is 11.3 Å². The topological polar surface area (TPSA) is 47.8 Å². The van der Waals surface area contributed by atoms with Crippen molar-refractivity contribution in [1.82, 2.24) is 14.8 Å². The van der Waals surface area contributed by atoms with Gasteiger partial charge in [-0.05, 0) is 44.9 Å². The lowest BCUT2D eigenvalue weighted by Crippen LogP contribution is -2.05. The maximum Gasteiger partial charge on any atom is 0.192 e. The normalized spacial score (nSPS) is 14.0. The van der Waals surface area contributed by atoms with E-state index in [1.807, 2.05) is 24.5 Å². The van der Waals surface area contributed by atoms with Crippen molar-refractivity contribution in [3.8, 4) is 11.4 Å². The molecule has 134 valence electrons. The molecule has 0 atom stereocenters. The van der Waals surface area contributed by atoms with Crippen molar-refractivity contribution in [2.75, 3.05) is 5.75 Å². The fraction of sp³-hybridized carbons (Fsp3) is 0.316. The van der Waals surface area contributed by atoms with Crippen molar-refractivity contribution >= 4 is 28.9 Å². The van der Waals surface area contributed by atoms with E-state index in [1.54, 1.807) is 29.5 Å². The summed E-state index contributed by atoms with van der Waals surface area (Å²) in [5.41, 5.74) is 1.24. The quantitative estimate of drug-likeness (QED) is 0.437. The van der Waals surface area contributed by atoms with Crippen LogP contribution in [0.2, 0.25) is 0 Å². The van der Waals surface area contributed by atoms with Crippen LogP contribution >= 0.6 is 23.1 Å². The molecular weight excluding hydrogens is 369 g/mol. The molecule has 7 heteroatoms.